The zero-order valence-corrected chi connectivity index (χ0v) is 19.6. The Kier molecular flexibility index (Phi) is 7.12. The second kappa shape index (κ2) is 10.4. The van der Waals surface area contributed by atoms with Gasteiger partial charge in [0.15, 0.2) is 0 Å². The van der Waals surface area contributed by atoms with Gasteiger partial charge in [0, 0.05) is 11.4 Å². The third-order valence-electron chi connectivity index (χ3n) is 5.30. The fourth-order valence-corrected chi connectivity index (χ4v) is 4.97. The summed E-state index contributed by atoms with van der Waals surface area (Å²) >= 11 is 1.26. The lowest BCUT2D eigenvalue weighted by atomic mass is 10.0. The number of anilines is 1. The number of esters is 1. The second-order valence-corrected chi connectivity index (χ2v) is 8.54. The molecule has 0 spiro atoms. The van der Waals surface area contributed by atoms with Gasteiger partial charge in [0.1, 0.15) is 16.5 Å². The molecule has 0 saturated carbocycles. The van der Waals surface area contributed by atoms with E-state index in [1.54, 1.807) is 48.2 Å². The van der Waals surface area contributed by atoms with Gasteiger partial charge < -0.3 is 24.4 Å². The highest BCUT2D eigenvalue weighted by molar-refractivity contribution is 7.17. The van der Waals surface area contributed by atoms with Crippen molar-refractivity contribution in [3.63, 3.8) is 0 Å². The number of nitrogens with one attached hydrogen (secondary N) is 1. The van der Waals surface area contributed by atoms with E-state index in [0.29, 0.717) is 47.1 Å². The molecule has 2 aromatic carbocycles. The highest BCUT2D eigenvalue weighted by Crippen LogP contribution is 2.38. The van der Waals surface area contributed by atoms with Gasteiger partial charge in [-0.3, -0.25) is 4.79 Å². The third kappa shape index (κ3) is 4.89. The van der Waals surface area contributed by atoms with Gasteiger partial charge in [-0.25, -0.2) is 9.59 Å². The first-order valence-electron chi connectivity index (χ1n) is 10.8. The molecular weight excluding hydrogens is 456 g/mol. The lowest BCUT2D eigenvalue weighted by Gasteiger charge is -2.25. The highest BCUT2D eigenvalue weighted by Gasteiger charge is 2.31. The van der Waals surface area contributed by atoms with E-state index >= 15 is 0 Å². The summed E-state index contributed by atoms with van der Waals surface area (Å²) in [4.78, 5) is 40.4. The molecule has 1 aliphatic rings. The van der Waals surface area contributed by atoms with Crippen LogP contribution >= 0.6 is 11.3 Å². The Labute approximate surface area is 201 Å². The molecule has 0 fully saturated rings. The van der Waals surface area contributed by atoms with Gasteiger partial charge in [-0.15, -0.1) is 11.3 Å². The van der Waals surface area contributed by atoms with Crippen LogP contribution < -0.4 is 10.1 Å². The smallest absolute Gasteiger partial charge is 0.409 e. The average molecular weight is 481 g/mol. The predicted octanol–water partition coefficient (Wildman–Crippen LogP) is 5.09. The summed E-state index contributed by atoms with van der Waals surface area (Å²) in [5.74, 6) is 0.0719. The number of methoxy groups -OCH3 is 1. The molecule has 34 heavy (non-hydrogen) atoms. The molecule has 0 radical (unpaired) electrons. The van der Waals surface area contributed by atoms with Crippen molar-refractivity contribution in [3.8, 4) is 11.5 Å². The number of amides is 2. The Hall–Kier alpha value is -3.85. The minimum Gasteiger partial charge on any atom is -0.462 e. The molecule has 2 heterocycles. The molecule has 8 nitrogen and oxygen atoms in total. The number of carbonyl (C=O) groups is 3. The van der Waals surface area contributed by atoms with Gasteiger partial charge in [0.25, 0.3) is 5.91 Å². The van der Waals surface area contributed by atoms with Crippen LogP contribution in [-0.4, -0.2) is 43.1 Å². The molecule has 0 saturated heterocycles. The molecular formula is C25H24N2O6S. The molecule has 0 bridgehead atoms. The van der Waals surface area contributed by atoms with Crippen LogP contribution in [0.15, 0.2) is 54.6 Å². The van der Waals surface area contributed by atoms with Crippen LogP contribution in [0.4, 0.5) is 9.80 Å². The number of ether oxygens (including phenoxy) is 3. The Morgan fingerprint density at radius 1 is 1.06 bits per heavy atom. The van der Waals surface area contributed by atoms with E-state index in [4.69, 9.17) is 14.2 Å². The van der Waals surface area contributed by atoms with Gasteiger partial charge >= 0.3 is 12.1 Å². The van der Waals surface area contributed by atoms with E-state index in [-0.39, 0.29) is 6.61 Å². The maximum atomic E-state index is 13.3. The van der Waals surface area contributed by atoms with E-state index in [2.05, 4.69) is 5.32 Å². The van der Waals surface area contributed by atoms with Crippen LogP contribution in [0.1, 0.15) is 38.1 Å². The third-order valence-corrected chi connectivity index (χ3v) is 6.43. The summed E-state index contributed by atoms with van der Waals surface area (Å²) in [5.41, 5.74) is 1.44. The van der Waals surface area contributed by atoms with Gasteiger partial charge in [0.05, 0.1) is 31.4 Å². The first-order chi connectivity index (χ1) is 16.5. The molecule has 1 aliphatic heterocycles. The van der Waals surface area contributed by atoms with Gasteiger partial charge in [-0.2, -0.15) is 0 Å². The van der Waals surface area contributed by atoms with E-state index in [0.717, 1.165) is 10.4 Å². The minimum atomic E-state index is -0.504. The molecule has 1 aromatic heterocycles. The quantitative estimate of drug-likeness (QED) is 0.494. The number of hydrogen-bond acceptors (Lipinski definition) is 7. The fraction of sp³-hybridized carbons (Fsp3) is 0.240. The summed E-state index contributed by atoms with van der Waals surface area (Å²) in [6.07, 6.45) is 0.0212. The predicted molar refractivity (Wildman–Crippen MR) is 128 cm³/mol. The minimum absolute atomic E-state index is 0.207. The van der Waals surface area contributed by atoms with E-state index in [1.807, 2.05) is 18.2 Å². The summed E-state index contributed by atoms with van der Waals surface area (Å²) < 4.78 is 16.0. The molecule has 9 heteroatoms. The topological polar surface area (TPSA) is 94.2 Å². The normalized spacial score (nSPS) is 12.5. The van der Waals surface area contributed by atoms with Crippen LogP contribution in [0.25, 0.3) is 0 Å². The van der Waals surface area contributed by atoms with Crippen LogP contribution in [0.5, 0.6) is 11.5 Å². The van der Waals surface area contributed by atoms with Gasteiger partial charge in [-0.1, -0.05) is 30.3 Å². The Bertz CT molecular complexity index is 1210. The van der Waals surface area contributed by atoms with Crippen LogP contribution in [0.2, 0.25) is 0 Å². The number of rotatable bonds is 6. The highest BCUT2D eigenvalue weighted by atomic mass is 32.1. The van der Waals surface area contributed by atoms with Crippen molar-refractivity contribution in [1.82, 2.24) is 4.90 Å². The molecule has 176 valence electrons. The molecule has 0 unspecified atom stereocenters. The van der Waals surface area contributed by atoms with Gasteiger partial charge in [-0.05, 0) is 43.2 Å². The molecule has 0 atom stereocenters. The second-order valence-electron chi connectivity index (χ2n) is 7.44. The number of carbonyl (C=O) groups excluding carboxylic acids is 3. The summed E-state index contributed by atoms with van der Waals surface area (Å²) in [6.45, 7) is 2.64. The number of nitrogens with zero attached hydrogens (tertiary/aromatic N) is 1. The number of fused-ring (bicyclic) bond motifs is 1. The van der Waals surface area contributed by atoms with Crippen LogP contribution in [0.3, 0.4) is 0 Å². The Balaban J connectivity index is 1.64. The first kappa shape index (κ1) is 23.3. The van der Waals surface area contributed by atoms with Crippen molar-refractivity contribution in [2.45, 2.75) is 19.9 Å². The molecule has 0 aliphatic carbocycles. The number of para-hydroxylation sites is 2. The van der Waals surface area contributed by atoms with Crippen molar-refractivity contribution in [2.24, 2.45) is 0 Å². The van der Waals surface area contributed by atoms with Crippen molar-refractivity contribution in [2.75, 3.05) is 25.6 Å². The summed E-state index contributed by atoms with van der Waals surface area (Å²) in [7, 11) is 1.33. The summed E-state index contributed by atoms with van der Waals surface area (Å²) in [5, 5.41) is 3.26. The van der Waals surface area contributed by atoms with Crippen LogP contribution in [-0.2, 0) is 22.4 Å². The standard InChI is InChI=1S/C25H24N2O6S/c1-3-32-24(29)21-18-13-14-27(25(30)31-2)15-20(18)34-23(21)26-22(28)17-11-7-8-12-19(17)33-16-9-5-4-6-10-16/h4-12H,3,13-15H2,1-2H3,(H,26,28). The van der Waals surface area contributed by atoms with Crippen molar-refractivity contribution in [1.29, 1.82) is 0 Å². The fourth-order valence-electron chi connectivity index (χ4n) is 3.72. The molecule has 2 amide bonds. The van der Waals surface area contributed by atoms with Gasteiger partial charge in [0.2, 0.25) is 0 Å². The lowest BCUT2D eigenvalue weighted by Crippen LogP contribution is -2.35. The monoisotopic (exact) mass is 480 g/mol. The van der Waals surface area contributed by atoms with Crippen LogP contribution in [0, 0.1) is 0 Å². The van der Waals surface area contributed by atoms with Crippen molar-refractivity contribution < 1.29 is 28.6 Å². The number of thiophene rings is 1. The molecule has 4 rings (SSSR count). The number of hydrogen-bond donors (Lipinski definition) is 1. The lowest BCUT2D eigenvalue weighted by molar-refractivity contribution is 0.0526. The maximum absolute atomic E-state index is 13.3. The largest absolute Gasteiger partial charge is 0.462 e. The SMILES string of the molecule is CCOC(=O)c1c(NC(=O)c2ccccc2Oc2ccccc2)sc2c1CCN(C(=O)OC)C2. The number of benzene rings is 2. The van der Waals surface area contributed by atoms with E-state index in [9.17, 15) is 14.4 Å². The first-order valence-corrected chi connectivity index (χ1v) is 11.6. The van der Waals surface area contributed by atoms with E-state index < -0.39 is 18.0 Å². The van der Waals surface area contributed by atoms with Crippen molar-refractivity contribution >= 4 is 34.3 Å². The molecule has 1 N–H and O–H groups in total. The molecule has 3 aromatic rings. The van der Waals surface area contributed by atoms with Crippen molar-refractivity contribution in [3.05, 3.63) is 76.2 Å². The maximum Gasteiger partial charge on any atom is 0.409 e. The zero-order valence-electron chi connectivity index (χ0n) is 18.8. The zero-order chi connectivity index (χ0) is 24.1. The Morgan fingerprint density at radius 2 is 1.79 bits per heavy atom. The summed E-state index contributed by atoms with van der Waals surface area (Å²) in [6, 6.07) is 16.1. The van der Waals surface area contributed by atoms with E-state index in [1.165, 1.54) is 18.4 Å². The Morgan fingerprint density at radius 3 is 2.53 bits per heavy atom. The average Bonchev–Trinajstić information content (AvgIpc) is 3.21.